The Bertz CT molecular complexity index is 1250. The van der Waals surface area contributed by atoms with E-state index in [1.807, 2.05) is 6.07 Å². The van der Waals surface area contributed by atoms with Gasteiger partial charge in [-0.2, -0.15) is 5.10 Å². The van der Waals surface area contributed by atoms with E-state index in [1.165, 1.54) is 33.1 Å². The van der Waals surface area contributed by atoms with Crippen molar-refractivity contribution in [3.63, 3.8) is 0 Å². The lowest BCUT2D eigenvalue weighted by atomic mass is 9.94. The summed E-state index contributed by atoms with van der Waals surface area (Å²) in [5, 5.41) is 7.60. The summed E-state index contributed by atoms with van der Waals surface area (Å²) >= 11 is 0. The molecule has 2 nitrogen and oxygen atoms in total. The molecule has 0 aliphatic heterocycles. The summed E-state index contributed by atoms with van der Waals surface area (Å²) in [5.41, 5.74) is 7.18. The zero-order chi connectivity index (χ0) is 18.9. The summed E-state index contributed by atoms with van der Waals surface area (Å²) in [6.45, 7) is 2.23. The molecule has 0 aliphatic rings. The van der Waals surface area contributed by atoms with Gasteiger partial charge in [0.2, 0.25) is 0 Å². The van der Waals surface area contributed by atoms with Crippen molar-refractivity contribution in [2.24, 2.45) is 0 Å². The van der Waals surface area contributed by atoms with Crippen LogP contribution in [0, 0.1) is 0 Å². The first-order valence-corrected chi connectivity index (χ1v) is 9.91. The van der Waals surface area contributed by atoms with Gasteiger partial charge in [-0.3, -0.25) is 0 Å². The van der Waals surface area contributed by atoms with Gasteiger partial charge in [0.1, 0.15) is 0 Å². The number of benzene rings is 3. The van der Waals surface area contributed by atoms with Crippen LogP contribution in [0.25, 0.3) is 38.7 Å². The maximum absolute atomic E-state index is 5.05. The van der Waals surface area contributed by atoms with Crippen LogP contribution >= 0.6 is 0 Å². The number of aryl methyl sites for hydroxylation is 1. The fourth-order valence-corrected chi connectivity index (χ4v) is 4.11. The molecule has 136 valence electrons. The molecule has 0 saturated carbocycles. The van der Waals surface area contributed by atoms with Crippen LogP contribution in [0.3, 0.4) is 0 Å². The second-order valence-corrected chi connectivity index (χ2v) is 7.18. The summed E-state index contributed by atoms with van der Waals surface area (Å²) in [6, 6.07) is 32.1. The molecule has 28 heavy (non-hydrogen) atoms. The Labute approximate surface area is 165 Å². The van der Waals surface area contributed by atoms with Crippen LogP contribution in [0.5, 0.6) is 0 Å². The Balaban J connectivity index is 1.91. The molecule has 0 atom stereocenters. The van der Waals surface area contributed by atoms with Gasteiger partial charge in [-0.15, -0.1) is 0 Å². The van der Waals surface area contributed by atoms with Crippen molar-refractivity contribution in [1.82, 2.24) is 9.61 Å². The van der Waals surface area contributed by atoms with Crippen LogP contribution < -0.4 is 0 Å². The number of nitrogens with zero attached hydrogens (tertiary/aromatic N) is 2. The molecule has 0 aliphatic carbocycles. The topological polar surface area (TPSA) is 17.3 Å². The van der Waals surface area contributed by atoms with Gasteiger partial charge in [0.05, 0.1) is 16.9 Å². The highest BCUT2D eigenvalue weighted by Gasteiger charge is 2.17. The molecule has 5 aromatic rings. The first kappa shape index (κ1) is 16.8. The Morgan fingerprint density at radius 1 is 0.714 bits per heavy atom. The molecule has 0 unspecified atom stereocenters. The van der Waals surface area contributed by atoms with Gasteiger partial charge in [0, 0.05) is 16.5 Å². The molecule has 0 N–H and O–H groups in total. The molecule has 0 amide bonds. The van der Waals surface area contributed by atoms with Crippen molar-refractivity contribution in [2.45, 2.75) is 19.8 Å². The van der Waals surface area contributed by atoms with E-state index in [9.17, 15) is 0 Å². The lowest BCUT2D eigenvalue weighted by Gasteiger charge is -2.16. The number of fused-ring (bicyclic) bond motifs is 3. The van der Waals surface area contributed by atoms with E-state index in [1.54, 1.807) is 0 Å². The molecular formula is C26H22N2. The summed E-state index contributed by atoms with van der Waals surface area (Å²) in [4.78, 5) is 0. The Morgan fingerprint density at radius 2 is 1.32 bits per heavy atom. The minimum Gasteiger partial charge on any atom is -0.236 e. The molecule has 2 heterocycles. The van der Waals surface area contributed by atoms with Crippen LogP contribution in [0.15, 0.2) is 91.0 Å². The van der Waals surface area contributed by atoms with Crippen molar-refractivity contribution >= 4 is 16.3 Å². The summed E-state index contributed by atoms with van der Waals surface area (Å²) < 4.78 is 2.18. The molecule has 0 bridgehead atoms. The highest BCUT2D eigenvalue weighted by Crippen LogP contribution is 2.36. The predicted octanol–water partition coefficient (Wildman–Crippen LogP) is 6.77. The highest BCUT2D eigenvalue weighted by molar-refractivity contribution is 6.06. The summed E-state index contributed by atoms with van der Waals surface area (Å²) in [7, 11) is 0. The fourth-order valence-electron chi connectivity index (χ4n) is 4.11. The smallest absolute Gasteiger partial charge is 0.0934 e. The third kappa shape index (κ3) is 2.69. The average molecular weight is 362 g/mol. The number of rotatable bonds is 4. The minimum atomic E-state index is 0.988. The first-order valence-electron chi connectivity index (χ1n) is 9.91. The number of pyridine rings is 1. The SMILES string of the molecule is CCCc1c(-c2ccccc2)c2ccccc2c2cc(-c3ccccc3)nn12. The van der Waals surface area contributed by atoms with Gasteiger partial charge in [-0.1, -0.05) is 98.3 Å². The zero-order valence-electron chi connectivity index (χ0n) is 16.0. The van der Waals surface area contributed by atoms with E-state index in [0.29, 0.717) is 0 Å². The monoisotopic (exact) mass is 362 g/mol. The van der Waals surface area contributed by atoms with E-state index in [2.05, 4.69) is 96.4 Å². The van der Waals surface area contributed by atoms with Gasteiger partial charge in [0.25, 0.3) is 0 Å². The Hall–Kier alpha value is -3.39. The van der Waals surface area contributed by atoms with E-state index >= 15 is 0 Å². The van der Waals surface area contributed by atoms with Crippen LogP contribution in [0.1, 0.15) is 19.0 Å². The van der Waals surface area contributed by atoms with Gasteiger partial charge >= 0.3 is 0 Å². The molecular weight excluding hydrogens is 340 g/mol. The maximum Gasteiger partial charge on any atom is 0.0934 e. The number of hydrogen-bond acceptors (Lipinski definition) is 1. The molecule has 3 aromatic carbocycles. The van der Waals surface area contributed by atoms with Crippen molar-refractivity contribution in [1.29, 1.82) is 0 Å². The van der Waals surface area contributed by atoms with E-state index in [0.717, 1.165) is 24.1 Å². The Kier molecular flexibility index (Phi) is 4.17. The van der Waals surface area contributed by atoms with Crippen molar-refractivity contribution in [2.75, 3.05) is 0 Å². The normalized spacial score (nSPS) is 11.3. The fraction of sp³-hybridized carbons (Fsp3) is 0.115. The lowest BCUT2D eigenvalue weighted by molar-refractivity contribution is 0.814. The van der Waals surface area contributed by atoms with Gasteiger partial charge in [-0.05, 0) is 23.4 Å². The molecule has 0 saturated heterocycles. The van der Waals surface area contributed by atoms with Crippen molar-refractivity contribution < 1.29 is 0 Å². The largest absolute Gasteiger partial charge is 0.236 e. The first-order chi connectivity index (χ1) is 13.9. The van der Waals surface area contributed by atoms with Crippen LogP contribution in [-0.2, 0) is 6.42 Å². The van der Waals surface area contributed by atoms with E-state index < -0.39 is 0 Å². The van der Waals surface area contributed by atoms with Gasteiger partial charge < -0.3 is 0 Å². The zero-order valence-corrected chi connectivity index (χ0v) is 16.0. The summed E-state index contributed by atoms with van der Waals surface area (Å²) in [5.74, 6) is 0. The maximum atomic E-state index is 5.05. The second-order valence-electron chi connectivity index (χ2n) is 7.18. The van der Waals surface area contributed by atoms with E-state index in [-0.39, 0.29) is 0 Å². The molecule has 5 rings (SSSR count). The number of hydrogen-bond donors (Lipinski definition) is 0. The minimum absolute atomic E-state index is 0.988. The average Bonchev–Trinajstić information content (AvgIpc) is 3.21. The molecule has 0 radical (unpaired) electrons. The molecule has 2 aromatic heterocycles. The van der Waals surface area contributed by atoms with E-state index in [4.69, 9.17) is 5.10 Å². The molecule has 2 heteroatoms. The van der Waals surface area contributed by atoms with Gasteiger partial charge in [0.15, 0.2) is 0 Å². The van der Waals surface area contributed by atoms with Crippen LogP contribution in [0.4, 0.5) is 0 Å². The predicted molar refractivity (Wildman–Crippen MR) is 118 cm³/mol. The quantitative estimate of drug-likeness (QED) is 0.345. The number of aromatic nitrogens is 2. The lowest BCUT2D eigenvalue weighted by Crippen LogP contribution is -2.03. The molecule has 0 spiro atoms. The third-order valence-electron chi connectivity index (χ3n) is 5.34. The Morgan fingerprint density at radius 3 is 2.00 bits per heavy atom. The highest BCUT2D eigenvalue weighted by atomic mass is 15.2. The third-order valence-corrected chi connectivity index (χ3v) is 5.34. The molecule has 0 fully saturated rings. The van der Waals surface area contributed by atoms with Crippen LogP contribution in [0.2, 0.25) is 0 Å². The second kappa shape index (κ2) is 6.97. The van der Waals surface area contributed by atoms with Crippen molar-refractivity contribution in [3.05, 3.63) is 96.7 Å². The van der Waals surface area contributed by atoms with Crippen LogP contribution in [-0.4, -0.2) is 9.61 Å². The standard InChI is InChI=1S/C26H22N2/c1-2-11-24-26(20-14-7-4-8-15-20)22-17-10-9-16-21(22)25-18-23(27-28(24)25)19-12-5-3-6-13-19/h3-10,12-18H,2,11H2,1H3. The van der Waals surface area contributed by atoms with Crippen molar-refractivity contribution in [3.8, 4) is 22.4 Å². The summed E-state index contributed by atoms with van der Waals surface area (Å²) in [6.07, 6.45) is 2.06. The van der Waals surface area contributed by atoms with Gasteiger partial charge in [-0.25, -0.2) is 4.52 Å².